The number of hydrogen-bond acceptors (Lipinski definition) is 2. The Morgan fingerprint density at radius 2 is 2.20 bits per heavy atom. The maximum atomic E-state index is 10.7. The van der Waals surface area contributed by atoms with Crippen molar-refractivity contribution in [2.45, 2.75) is 20.0 Å². The minimum atomic E-state index is -0.552. The van der Waals surface area contributed by atoms with Crippen LogP contribution >= 0.6 is 0 Å². The maximum Gasteiger partial charge on any atom is 0.333 e. The fourth-order valence-electron chi connectivity index (χ4n) is 0.317. The van der Waals surface area contributed by atoms with Crippen molar-refractivity contribution < 1.29 is 14.6 Å². The molecule has 57 valence electrons. The van der Waals surface area contributed by atoms with Crippen LogP contribution in [-0.4, -0.2) is 18.7 Å². The quantitative estimate of drug-likeness (QED) is 0.435. The van der Waals surface area contributed by atoms with Gasteiger partial charge in [-0.05, 0) is 13.8 Å². The third-order valence-corrected chi connectivity index (χ3v) is 0.891. The number of carbonyl (C=O) groups is 1. The van der Waals surface area contributed by atoms with Gasteiger partial charge in [0.1, 0.15) is 12.7 Å². The molecule has 0 aromatic heterocycles. The molecule has 0 rings (SSSR count). The molecular formula is C7H11O3. The Hall–Kier alpha value is -0.830. The minimum Gasteiger partial charge on any atom is -0.457 e. The highest BCUT2D eigenvalue weighted by atomic mass is 16.5. The molecule has 0 fully saturated rings. The highest BCUT2D eigenvalue weighted by Gasteiger charge is 2.08. The summed E-state index contributed by atoms with van der Waals surface area (Å²) >= 11 is 0. The summed E-state index contributed by atoms with van der Waals surface area (Å²) in [6.07, 6.45) is -0.552. The highest BCUT2D eigenvalue weighted by molar-refractivity contribution is 5.87. The van der Waals surface area contributed by atoms with Crippen LogP contribution in [0.25, 0.3) is 0 Å². The first-order valence-corrected chi connectivity index (χ1v) is 3.02. The molecule has 0 saturated heterocycles. The molecule has 1 unspecified atom stereocenters. The summed E-state index contributed by atoms with van der Waals surface area (Å²) in [4.78, 5) is 10.7. The lowest BCUT2D eigenvalue weighted by Gasteiger charge is -2.07. The summed E-state index contributed by atoms with van der Waals surface area (Å²) in [5.41, 5.74) is 0.320. The molecule has 3 nitrogen and oxygen atoms in total. The molecule has 0 aromatic rings. The van der Waals surface area contributed by atoms with Crippen LogP contribution in [0.4, 0.5) is 0 Å². The van der Waals surface area contributed by atoms with Crippen molar-refractivity contribution in [3.05, 3.63) is 12.2 Å². The molecule has 0 aliphatic rings. The highest BCUT2D eigenvalue weighted by Crippen LogP contribution is 1.96. The van der Waals surface area contributed by atoms with Crippen molar-refractivity contribution >= 4 is 5.97 Å². The molecule has 0 amide bonds. The lowest BCUT2D eigenvalue weighted by molar-refractivity contribution is -0.146. The van der Waals surface area contributed by atoms with E-state index in [0.717, 1.165) is 0 Å². The number of hydrogen-bond donors (Lipinski definition) is 0. The maximum absolute atomic E-state index is 10.7. The number of esters is 1. The monoisotopic (exact) mass is 143 g/mol. The van der Waals surface area contributed by atoms with Crippen LogP contribution in [-0.2, 0) is 14.6 Å². The zero-order valence-electron chi connectivity index (χ0n) is 6.22. The predicted molar refractivity (Wildman–Crippen MR) is 35.9 cm³/mol. The van der Waals surface area contributed by atoms with E-state index in [1.165, 1.54) is 0 Å². The van der Waals surface area contributed by atoms with Gasteiger partial charge in [0.15, 0.2) is 0 Å². The van der Waals surface area contributed by atoms with E-state index < -0.39 is 18.7 Å². The molecule has 0 saturated carbocycles. The summed E-state index contributed by atoms with van der Waals surface area (Å²) < 4.78 is 4.61. The van der Waals surface area contributed by atoms with Crippen LogP contribution in [0.2, 0.25) is 0 Å². The van der Waals surface area contributed by atoms with Crippen LogP contribution in [0.3, 0.4) is 0 Å². The lowest BCUT2D eigenvalue weighted by atomic mass is 10.3. The molecule has 0 aromatic carbocycles. The van der Waals surface area contributed by atoms with Gasteiger partial charge >= 0.3 is 5.97 Å². The fourth-order valence-corrected chi connectivity index (χ4v) is 0.317. The van der Waals surface area contributed by atoms with Crippen molar-refractivity contribution in [2.75, 3.05) is 6.61 Å². The van der Waals surface area contributed by atoms with Crippen LogP contribution < -0.4 is 0 Å². The number of carbonyl (C=O) groups excluding carboxylic acids is 1. The van der Waals surface area contributed by atoms with Gasteiger partial charge in [-0.15, -0.1) is 0 Å². The Labute approximate surface area is 60.3 Å². The SMILES string of the molecule is C=C(C)C(=O)OC(C)C[O]. The summed E-state index contributed by atoms with van der Waals surface area (Å²) in [5, 5.41) is 10.1. The molecule has 1 atom stereocenters. The van der Waals surface area contributed by atoms with E-state index >= 15 is 0 Å². The van der Waals surface area contributed by atoms with Crippen LogP contribution in [0.15, 0.2) is 12.2 Å². The average molecular weight is 143 g/mol. The third-order valence-electron chi connectivity index (χ3n) is 0.891. The second-order valence-electron chi connectivity index (χ2n) is 2.16. The smallest absolute Gasteiger partial charge is 0.333 e. The van der Waals surface area contributed by atoms with Crippen LogP contribution in [0, 0.1) is 0 Å². The molecule has 0 aliphatic heterocycles. The Morgan fingerprint density at radius 1 is 1.70 bits per heavy atom. The van der Waals surface area contributed by atoms with Gasteiger partial charge in [-0.25, -0.2) is 9.90 Å². The largest absolute Gasteiger partial charge is 0.457 e. The Morgan fingerprint density at radius 3 is 2.50 bits per heavy atom. The molecule has 3 heteroatoms. The van der Waals surface area contributed by atoms with E-state index in [4.69, 9.17) is 0 Å². The number of rotatable bonds is 3. The summed E-state index contributed by atoms with van der Waals surface area (Å²) in [6.45, 7) is 6.05. The summed E-state index contributed by atoms with van der Waals surface area (Å²) in [7, 11) is 0. The van der Waals surface area contributed by atoms with Gasteiger partial charge in [0.25, 0.3) is 0 Å². The topological polar surface area (TPSA) is 46.2 Å². The van der Waals surface area contributed by atoms with Gasteiger partial charge in [0, 0.05) is 5.57 Å². The number of ether oxygens (including phenoxy) is 1. The van der Waals surface area contributed by atoms with Gasteiger partial charge in [-0.2, -0.15) is 0 Å². The third kappa shape index (κ3) is 3.25. The Balaban J connectivity index is 3.68. The zero-order valence-corrected chi connectivity index (χ0v) is 6.22. The van der Waals surface area contributed by atoms with E-state index in [1.54, 1.807) is 13.8 Å². The van der Waals surface area contributed by atoms with Gasteiger partial charge in [-0.3, -0.25) is 0 Å². The van der Waals surface area contributed by atoms with Crippen LogP contribution in [0.1, 0.15) is 13.8 Å². The lowest BCUT2D eigenvalue weighted by Crippen LogP contribution is -2.17. The minimum absolute atomic E-state index is 0.320. The van der Waals surface area contributed by atoms with Crippen LogP contribution in [0.5, 0.6) is 0 Å². The van der Waals surface area contributed by atoms with Gasteiger partial charge in [0.05, 0.1) is 0 Å². The molecule has 0 spiro atoms. The van der Waals surface area contributed by atoms with Gasteiger partial charge < -0.3 is 4.74 Å². The van der Waals surface area contributed by atoms with E-state index in [0.29, 0.717) is 5.57 Å². The molecule has 10 heavy (non-hydrogen) atoms. The van der Waals surface area contributed by atoms with E-state index in [2.05, 4.69) is 11.3 Å². The standard InChI is InChI=1S/C7H11O3/c1-5(2)7(9)10-6(3)4-8/h6H,1,4H2,2-3H3. The first-order valence-electron chi connectivity index (χ1n) is 3.02. The summed E-state index contributed by atoms with van der Waals surface area (Å²) in [5.74, 6) is -0.497. The second kappa shape index (κ2) is 4.06. The molecule has 0 bridgehead atoms. The van der Waals surface area contributed by atoms with Gasteiger partial charge in [0.2, 0.25) is 0 Å². The molecule has 1 radical (unpaired) electrons. The molecule has 0 aliphatic carbocycles. The van der Waals surface area contributed by atoms with E-state index in [9.17, 15) is 9.90 Å². The van der Waals surface area contributed by atoms with Crippen molar-refractivity contribution in [3.8, 4) is 0 Å². The van der Waals surface area contributed by atoms with E-state index in [1.807, 2.05) is 0 Å². The summed E-state index contributed by atoms with van der Waals surface area (Å²) in [6, 6.07) is 0. The van der Waals surface area contributed by atoms with Crippen molar-refractivity contribution in [1.82, 2.24) is 0 Å². The Bertz CT molecular complexity index is 140. The molecule has 0 heterocycles. The van der Waals surface area contributed by atoms with Crippen molar-refractivity contribution in [3.63, 3.8) is 0 Å². The normalized spacial score (nSPS) is 12.3. The fraction of sp³-hybridized carbons (Fsp3) is 0.571. The average Bonchev–Trinajstić information content (AvgIpc) is 1.87. The zero-order chi connectivity index (χ0) is 8.15. The first kappa shape index (κ1) is 9.17. The van der Waals surface area contributed by atoms with Crippen molar-refractivity contribution in [1.29, 1.82) is 0 Å². The van der Waals surface area contributed by atoms with Crippen molar-refractivity contribution in [2.24, 2.45) is 0 Å². The van der Waals surface area contributed by atoms with Gasteiger partial charge in [-0.1, -0.05) is 6.58 Å². The predicted octanol–water partition coefficient (Wildman–Crippen LogP) is 0.925. The van der Waals surface area contributed by atoms with E-state index in [-0.39, 0.29) is 0 Å². The Kier molecular flexibility index (Phi) is 3.72. The molecule has 0 N–H and O–H groups in total. The molecular weight excluding hydrogens is 132 g/mol. The first-order chi connectivity index (χ1) is 4.57. The second-order valence-corrected chi connectivity index (χ2v) is 2.16.